The molecular weight excluding hydrogens is 740 g/mol. The largest absolute Gasteiger partial charge is 0.410 e. The molecule has 0 saturated carbocycles. The average molecular weight is 776 g/mol. The van der Waals surface area contributed by atoms with E-state index in [1.165, 1.54) is 0 Å². The molecule has 8 heterocycles. The van der Waals surface area contributed by atoms with Gasteiger partial charge < -0.3 is 40.2 Å². The van der Waals surface area contributed by atoms with Crippen molar-refractivity contribution in [2.24, 2.45) is 0 Å². The molecule has 4 aromatic carbocycles. The molecule has 60 heavy (non-hydrogen) atoms. The fourth-order valence-corrected chi connectivity index (χ4v) is 8.65. The van der Waals surface area contributed by atoms with E-state index in [0.717, 1.165) is 68.8 Å². The second-order valence-corrected chi connectivity index (χ2v) is 14.7. The highest BCUT2D eigenvalue weighted by Crippen LogP contribution is 2.45. The molecule has 0 fully saturated rings. The molecule has 0 amide bonds. The molecule has 0 unspecified atom stereocenters. The van der Waals surface area contributed by atoms with Crippen LogP contribution in [0.3, 0.4) is 0 Å². The number of anilines is 12. The Hall–Kier alpha value is -7.86. The smallest absolute Gasteiger partial charge is 0.394 e. The Kier molecular flexibility index (Phi) is 8.91. The van der Waals surface area contributed by atoms with Gasteiger partial charge in [-0.2, -0.15) is 0 Å². The van der Waals surface area contributed by atoms with Gasteiger partial charge in [0.15, 0.2) is 0 Å². The molecule has 0 spiro atoms. The van der Waals surface area contributed by atoms with Crippen molar-refractivity contribution >= 4 is 96.3 Å². The van der Waals surface area contributed by atoms with Crippen LogP contribution in [0.4, 0.5) is 68.8 Å². The maximum Gasteiger partial charge on any atom is 0.394 e. The Labute approximate surface area is 349 Å². The summed E-state index contributed by atoms with van der Waals surface area (Å²) in [4.78, 5) is 27.6. The zero-order chi connectivity index (χ0) is 39.8. The fourth-order valence-electron chi connectivity index (χ4n) is 8.65. The number of hydrogen-bond donors (Lipinski definition) is 4. The molecule has 284 valence electrons. The predicted molar refractivity (Wildman–Crippen MR) is 249 cm³/mol. The van der Waals surface area contributed by atoms with Crippen LogP contribution in [-0.2, 0) is 0 Å². The highest BCUT2D eigenvalue weighted by Gasteiger charge is 2.53. The van der Waals surface area contributed by atoms with E-state index in [4.69, 9.17) is 0 Å². The van der Waals surface area contributed by atoms with Gasteiger partial charge in [0, 0.05) is 47.5 Å². The highest BCUT2D eigenvalue weighted by molar-refractivity contribution is 7.30. The van der Waals surface area contributed by atoms with E-state index in [9.17, 15) is 0 Å². The molecular formula is C44H36B4N12. The van der Waals surface area contributed by atoms with Crippen molar-refractivity contribution in [1.29, 1.82) is 0 Å². The van der Waals surface area contributed by atoms with E-state index in [1.807, 2.05) is 97.6 Å². The highest BCUT2D eigenvalue weighted by atomic mass is 15.3. The summed E-state index contributed by atoms with van der Waals surface area (Å²) >= 11 is 0. The topological polar surface area (TPSA) is 113 Å². The van der Waals surface area contributed by atoms with Gasteiger partial charge in [0.25, 0.3) is 0 Å². The molecule has 0 radical (unpaired) electrons. The van der Waals surface area contributed by atoms with Gasteiger partial charge in [0.05, 0.1) is 22.7 Å². The summed E-state index contributed by atoms with van der Waals surface area (Å²) in [6, 6.07) is 57.5. The van der Waals surface area contributed by atoms with E-state index in [0.29, 0.717) is 0 Å². The summed E-state index contributed by atoms with van der Waals surface area (Å²) in [5.41, 5.74) is 8.80. The van der Waals surface area contributed by atoms with E-state index < -0.39 is 0 Å². The molecule has 4 N–H and O–H groups in total. The van der Waals surface area contributed by atoms with Crippen LogP contribution in [0.1, 0.15) is 0 Å². The van der Waals surface area contributed by atoms with Crippen LogP contribution in [0.2, 0.25) is 0 Å². The summed E-state index contributed by atoms with van der Waals surface area (Å²) in [6.07, 6.45) is 7.34. The molecule has 8 aromatic rings. The quantitative estimate of drug-likeness (QED) is 0.121. The zero-order valence-corrected chi connectivity index (χ0v) is 32.4. The third-order valence-electron chi connectivity index (χ3n) is 11.2. The SMILES string of the molecule is c1ccc(N2B(B3Nc4ccccc4N3c3ccccn3)Nc3ccccc32)nc1.c1ccc(N2B(B3Nc4ccccc4N3c3ccccn3)Nc3ccccc32)nc1. The lowest BCUT2D eigenvalue weighted by Crippen LogP contribution is -2.61. The molecule has 0 atom stereocenters. The lowest BCUT2D eigenvalue weighted by Gasteiger charge is -2.30. The van der Waals surface area contributed by atoms with E-state index in [-0.39, 0.29) is 27.5 Å². The third kappa shape index (κ3) is 6.16. The van der Waals surface area contributed by atoms with Crippen molar-refractivity contribution in [3.8, 4) is 0 Å². The molecule has 4 aromatic heterocycles. The van der Waals surface area contributed by atoms with Gasteiger partial charge in [-0.05, 0) is 97.1 Å². The molecule has 12 rings (SSSR count). The maximum atomic E-state index is 4.65. The summed E-state index contributed by atoms with van der Waals surface area (Å²) in [5.74, 6) is 3.61. The Morgan fingerprint density at radius 1 is 0.267 bits per heavy atom. The number of pyridine rings is 4. The van der Waals surface area contributed by atoms with Gasteiger partial charge >= 0.3 is 27.5 Å². The van der Waals surface area contributed by atoms with Crippen molar-refractivity contribution in [2.45, 2.75) is 0 Å². The normalized spacial score (nSPS) is 14.3. The second-order valence-electron chi connectivity index (χ2n) is 14.7. The number of benzene rings is 4. The van der Waals surface area contributed by atoms with E-state index >= 15 is 0 Å². The van der Waals surface area contributed by atoms with Crippen LogP contribution < -0.4 is 40.2 Å². The first-order valence-electron chi connectivity index (χ1n) is 20.0. The third-order valence-corrected chi connectivity index (χ3v) is 11.2. The number of para-hydroxylation sites is 8. The van der Waals surface area contributed by atoms with Gasteiger partial charge in [-0.1, -0.05) is 72.8 Å². The molecule has 16 heteroatoms. The van der Waals surface area contributed by atoms with Crippen LogP contribution in [0.25, 0.3) is 0 Å². The summed E-state index contributed by atoms with van der Waals surface area (Å²) in [7, 11) is 0. The van der Waals surface area contributed by atoms with Crippen molar-refractivity contribution < 1.29 is 0 Å². The number of aromatic nitrogens is 4. The second kappa shape index (κ2) is 15.1. The van der Waals surface area contributed by atoms with Crippen molar-refractivity contribution in [3.63, 3.8) is 0 Å². The summed E-state index contributed by atoms with van der Waals surface area (Å²) < 4.78 is 0. The van der Waals surface area contributed by atoms with Crippen LogP contribution >= 0.6 is 0 Å². The number of nitrogens with zero attached hydrogens (tertiary/aromatic N) is 8. The van der Waals surface area contributed by atoms with E-state index in [2.05, 4.69) is 157 Å². The average Bonchev–Trinajstić information content (AvgIpc) is 4.10. The van der Waals surface area contributed by atoms with Crippen molar-refractivity contribution in [1.82, 2.24) is 19.9 Å². The lowest BCUT2D eigenvalue weighted by molar-refractivity contribution is 1.24. The molecule has 0 saturated heterocycles. The maximum absolute atomic E-state index is 4.65. The Morgan fingerprint density at radius 3 is 0.700 bits per heavy atom. The zero-order valence-electron chi connectivity index (χ0n) is 32.4. The van der Waals surface area contributed by atoms with Crippen LogP contribution in [0.15, 0.2) is 195 Å². The van der Waals surface area contributed by atoms with Gasteiger partial charge in [0.1, 0.15) is 23.3 Å². The minimum atomic E-state index is -0.0910. The first-order chi connectivity index (χ1) is 29.8. The van der Waals surface area contributed by atoms with Crippen LogP contribution in [0.5, 0.6) is 0 Å². The predicted octanol–water partition coefficient (Wildman–Crippen LogP) is 8.72. The number of fused-ring (bicyclic) bond motifs is 4. The summed E-state index contributed by atoms with van der Waals surface area (Å²) in [5, 5.41) is 14.9. The van der Waals surface area contributed by atoms with Crippen molar-refractivity contribution in [2.75, 3.05) is 40.2 Å². The van der Waals surface area contributed by atoms with Gasteiger partial charge in [-0.15, -0.1) is 0 Å². The minimum Gasteiger partial charge on any atom is -0.410 e. The Morgan fingerprint density at radius 2 is 0.483 bits per heavy atom. The van der Waals surface area contributed by atoms with Crippen LogP contribution in [0, 0.1) is 0 Å². The fraction of sp³-hybridized carbons (Fsp3) is 0. The van der Waals surface area contributed by atoms with Crippen molar-refractivity contribution in [3.05, 3.63) is 195 Å². The molecule has 4 aliphatic rings. The number of hydrogen-bond acceptors (Lipinski definition) is 12. The Bertz CT molecular complexity index is 2380. The minimum absolute atomic E-state index is 0.0910. The first kappa shape index (κ1) is 35.3. The lowest BCUT2D eigenvalue weighted by atomic mass is 9.33. The molecule has 0 bridgehead atoms. The first-order valence-corrected chi connectivity index (χ1v) is 20.0. The molecule has 12 nitrogen and oxygen atoms in total. The Balaban J connectivity index is 0.000000136. The van der Waals surface area contributed by atoms with Gasteiger partial charge in [-0.25, -0.2) is 19.9 Å². The standard InChI is InChI=1S/2C22H18B2N6/c2*1-3-11-19-17(9-1)27-23(29(19)21-13-5-7-15-25-21)24-28-18-10-2-4-12-20(18)30(24)22-14-6-8-16-26-22/h2*1-16,27-28H. The summed E-state index contributed by atoms with van der Waals surface area (Å²) in [6.45, 7) is -0.364. The number of rotatable bonds is 6. The molecule has 0 aliphatic carbocycles. The monoisotopic (exact) mass is 776 g/mol. The van der Waals surface area contributed by atoms with E-state index in [1.54, 1.807) is 0 Å². The van der Waals surface area contributed by atoms with Crippen LogP contribution in [-0.4, -0.2) is 47.4 Å². The van der Waals surface area contributed by atoms with Gasteiger partial charge in [0.2, 0.25) is 0 Å². The molecule has 4 aliphatic heterocycles. The van der Waals surface area contributed by atoms with Gasteiger partial charge in [-0.3, -0.25) is 0 Å². The number of nitrogens with one attached hydrogen (secondary N) is 4.